The number of rotatable bonds is 4. The maximum absolute atomic E-state index is 13.5. The summed E-state index contributed by atoms with van der Waals surface area (Å²) in [5.74, 6) is -2.23. The normalized spacial score (nSPS) is 12.6. The maximum atomic E-state index is 13.5. The molecular weight excluding hydrogens is 240 g/mol. The van der Waals surface area contributed by atoms with Gasteiger partial charge in [0.1, 0.15) is 11.6 Å². The zero-order valence-electron chi connectivity index (χ0n) is 10.6. The summed E-state index contributed by atoms with van der Waals surface area (Å²) >= 11 is 0. The van der Waals surface area contributed by atoms with Crippen LogP contribution in [-0.4, -0.2) is 23.7 Å². The lowest BCUT2D eigenvalue weighted by Crippen LogP contribution is -2.41. The van der Waals surface area contributed by atoms with Gasteiger partial charge in [0, 0.05) is 6.07 Å². The molecule has 0 aliphatic heterocycles. The molecular formula is C13H17F2NO2. The first kappa shape index (κ1) is 14.6. The van der Waals surface area contributed by atoms with E-state index in [1.165, 1.54) is 6.92 Å². The molecule has 0 radical (unpaired) electrons. The van der Waals surface area contributed by atoms with Crippen LogP contribution in [0.5, 0.6) is 0 Å². The van der Waals surface area contributed by atoms with Gasteiger partial charge in [-0.05, 0) is 24.5 Å². The summed E-state index contributed by atoms with van der Waals surface area (Å²) < 4.78 is 26.5. The highest BCUT2D eigenvalue weighted by molar-refractivity contribution is 5.94. The molecule has 18 heavy (non-hydrogen) atoms. The lowest BCUT2D eigenvalue weighted by molar-refractivity contribution is 0.0892. The van der Waals surface area contributed by atoms with Crippen molar-refractivity contribution in [2.24, 2.45) is 5.92 Å². The van der Waals surface area contributed by atoms with Crippen molar-refractivity contribution in [2.45, 2.75) is 26.8 Å². The molecule has 0 spiro atoms. The zero-order valence-corrected chi connectivity index (χ0v) is 10.6. The highest BCUT2D eigenvalue weighted by atomic mass is 19.1. The predicted octanol–water partition coefficient (Wildman–Crippen LogP) is 2.02. The van der Waals surface area contributed by atoms with E-state index in [4.69, 9.17) is 5.11 Å². The highest BCUT2D eigenvalue weighted by Gasteiger charge is 2.19. The first-order valence-corrected chi connectivity index (χ1v) is 5.74. The lowest BCUT2D eigenvalue weighted by atomic mass is 10.0. The van der Waals surface area contributed by atoms with E-state index in [-0.39, 0.29) is 23.7 Å². The molecule has 2 N–H and O–H groups in total. The van der Waals surface area contributed by atoms with E-state index < -0.39 is 23.6 Å². The molecule has 0 heterocycles. The van der Waals surface area contributed by atoms with Crippen LogP contribution in [0.4, 0.5) is 8.78 Å². The maximum Gasteiger partial charge on any atom is 0.254 e. The minimum Gasteiger partial charge on any atom is -0.394 e. The van der Waals surface area contributed by atoms with Crippen molar-refractivity contribution in [2.75, 3.05) is 6.61 Å². The molecule has 100 valence electrons. The van der Waals surface area contributed by atoms with Crippen LogP contribution in [0, 0.1) is 24.5 Å². The predicted molar refractivity (Wildman–Crippen MR) is 64.3 cm³/mol. The third-order valence-electron chi connectivity index (χ3n) is 2.81. The molecule has 0 unspecified atom stereocenters. The van der Waals surface area contributed by atoms with Crippen LogP contribution in [0.15, 0.2) is 12.1 Å². The number of amides is 1. The average molecular weight is 257 g/mol. The smallest absolute Gasteiger partial charge is 0.254 e. The number of hydrogen-bond acceptors (Lipinski definition) is 2. The third-order valence-corrected chi connectivity index (χ3v) is 2.81. The number of hydrogen-bond donors (Lipinski definition) is 2. The van der Waals surface area contributed by atoms with Crippen molar-refractivity contribution in [3.63, 3.8) is 0 Å². The molecule has 0 aromatic heterocycles. The Balaban J connectivity index is 2.94. The molecule has 0 fully saturated rings. The van der Waals surface area contributed by atoms with Crippen LogP contribution in [-0.2, 0) is 0 Å². The second-order valence-electron chi connectivity index (χ2n) is 4.59. The standard InChI is InChI=1S/C13H17F2NO2/c1-7(2)12(6-17)16-13(18)9-4-8(3)10(14)5-11(9)15/h4-5,7,12,17H,6H2,1-3H3,(H,16,18)/t12-/m1/s1. The van der Waals surface area contributed by atoms with Gasteiger partial charge in [-0.15, -0.1) is 0 Å². The minimum atomic E-state index is -0.906. The summed E-state index contributed by atoms with van der Waals surface area (Å²) in [5, 5.41) is 11.6. The minimum absolute atomic E-state index is 0.0172. The molecule has 0 aliphatic rings. The molecule has 1 rings (SSSR count). The molecule has 0 aliphatic carbocycles. The summed E-state index contributed by atoms with van der Waals surface area (Å²) in [6.07, 6.45) is 0. The van der Waals surface area contributed by atoms with Crippen LogP contribution < -0.4 is 5.32 Å². The van der Waals surface area contributed by atoms with Crippen LogP contribution in [0.3, 0.4) is 0 Å². The van der Waals surface area contributed by atoms with E-state index >= 15 is 0 Å². The summed E-state index contributed by atoms with van der Waals surface area (Å²) in [4.78, 5) is 11.8. The fourth-order valence-electron chi connectivity index (χ4n) is 1.50. The van der Waals surface area contributed by atoms with Gasteiger partial charge in [0.25, 0.3) is 5.91 Å². The van der Waals surface area contributed by atoms with Crippen molar-refractivity contribution >= 4 is 5.91 Å². The van der Waals surface area contributed by atoms with Crippen molar-refractivity contribution in [1.29, 1.82) is 0 Å². The Morgan fingerprint density at radius 2 is 1.94 bits per heavy atom. The van der Waals surface area contributed by atoms with E-state index in [9.17, 15) is 13.6 Å². The Bertz CT molecular complexity index is 447. The summed E-state index contributed by atoms with van der Waals surface area (Å²) in [6, 6.07) is 1.39. The quantitative estimate of drug-likeness (QED) is 0.867. The van der Waals surface area contributed by atoms with Crippen LogP contribution in [0.1, 0.15) is 29.8 Å². The highest BCUT2D eigenvalue weighted by Crippen LogP contribution is 2.14. The van der Waals surface area contributed by atoms with Crippen LogP contribution in [0.25, 0.3) is 0 Å². The molecule has 0 saturated heterocycles. The van der Waals surface area contributed by atoms with Crippen molar-refractivity contribution in [1.82, 2.24) is 5.32 Å². The second-order valence-corrected chi connectivity index (χ2v) is 4.59. The number of aryl methyl sites for hydroxylation is 1. The summed E-state index contributed by atoms with van der Waals surface area (Å²) in [5.41, 5.74) is -0.0142. The van der Waals surface area contributed by atoms with E-state index in [1.807, 2.05) is 13.8 Å². The zero-order chi connectivity index (χ0) is 13.9. The summed E-state index contributed by atoms with van der Waals surface area (Å²) in [7, 11) is 0. The Morgan fingerprint density at radius 1 is 1.33 bits per heavy atom. The van der Waals surface area contributed by atoms with Gasteiger partial charge in [-0.3, -0.25) is 4.79 Å². The number of nitrogens with one attached hydrogen (secondary N) is 1. The number of aliphatic hydroxyl groups excluding tert-OH is 1. The molecule has 0 bridgehead atoms. The summed E-state index contributed by atoms with van der Waals surface area (Å²) in [6.45, 7) is 4.88. The molecule has 5 heteroatoms. The third kappa shape index (κ3) is 3.26. The largest absolute Gasteiger partial charge is 0.394 e. The van der Waals surface area contributed by atoms with Gasteiger partial charge in [-0.25, -0.2) is 8.78 Å². The topological polar surface area (TPSA) is 49.3 Å². The Hall–Kier alpha value is -1.49. The van der Waals surface area contributed by atoms with Gasteiger partial charge in [0.2, 0.25) is 0 Å². The molecule has 0 saturated carbocycles. The second kappa shape index (κ2) is 5.91. The van der Waals surface area contributed by atoms with Crippen molar-refractivity contribution < 1.29 is 18.7 Å². The van der Waals surface area contributed by atoms with Gasteiger partial charge >= 0.3 is 0 Å². The molecule has 1 aromatic carbocycles. The van der Waals surface area contributed by atoms with Crippen molar-refractivity contribution in [3.8, 4) is 0 Å². The molecule has 1 aromatic rings. The van der Waals surface area contributed by atoms with E-state index in [0.29, 0.717) is 6.07 Å². The Labute approximate surface area is 105 Å². The fraction of sp³-hybridized carbons (Fsp3) is 0.462. The van der Waals surface area contributed by atoms with Gasteiger partial charge in [-0.1, -0.05) is 13.8 Å². The van der Waals surface area contributed by atoms with E-state index in [2.05, 4.69) is 5.32 Å². The van der Waals surface area contributed by atoms with Gasteiger partial charge in [-0.2, -0.15) is 0 Å². The first-order valence-electron chi connectivity index (χ1n) is 5.74. The Kier molecular flexibility index (Phi) is 4.78. The van der Waals surface area contributed by atoms with E-state index in [1.54, 1.807) is 0 Å². The number of halogens is 2. The number of carbonyl (C=O) groups excluding carboxylic acids is 1. The molecule has 1 atom stereocenters. The number of carbonyl (C=O) groups is 1. The monoisotopic (exact) mass is 257 g/mol. The lowest BCUT2D eigenvalue weighted by Gasteiger charge is -2.20. The average Bonchev–Trinajstić information content (AvgIpc) is 2.29. The van der Waals surface area contributed by atoms with E-state index in [0.717, 1.165) is 6.07 Å². The van der Waals surface area contributed by atoms with Gasteiger partial charge in [0.05, 0.1) is 18.2 Å². The molecule has 3 nitrogen and oxygen atoms in total. The van der Waals surface area contributed by atoms with Crippen LogP contribution in [0.2, 0.25) is 0 Å². The SMILES string of the molecule is Cc1cc(C(=O)N[C@H](CO)C(C)C)c(F)cc1F. The number of aliphatic hydroxyl groups is 1. The van der Waals surface area contributed by atoms with Gasteiger partial charge < -0.3 is 10.4 Å². The van der Waals surface area contributed by atoms with Crippen molar-refractivity contribution in [3.05, 3.63) is 34.9 Å². The Morgan fingerprint density at radius 3 is 2.44 bits per heavy atom. The first-order chi connectivity index (χ1) is 8.36. The van der Waals surface area contributed by atoms with Crippen LogP contribution >= 0.6 is 0 Å². The molecule has 1 amide bonds. The number of benzene rings is 1. The fourth-order valence-corrected chi connectivity index (χ4v) is 1.50. The van der Waals surface area contributed by atoms with Gasteiger partial charge in [0.15, 0.2) is 0 Å².